The van der Waals surface area contributed by atoms with Gasteiger partial charge in [-0.3, -0.25) is 13.8 Å². The lowest BCUT2D eigenvalue weighted by Crippen LogP contribution is -2.46. The molecule has 0 aromatic rings. The zero-order valence-electron chi connectivity index (χ0n) is 31.0. The molecule has 0 bridgehead atoms. The van der Waals surface area contributed by atoms with E-state index < -0.39 is 38.6 Å². The Balaban J connectivity index is 4.32. The van der Waals surface area contributed by atoms with Crippen LogP contribution in [0.15, 0.2) is 48.6 Å². The molecule has 4 unspecified atom stereocenters. The lowest BCUT2D eigenvalue weighted by atomic mass is 10.0. The highest BCUT2D eigenvalue weighted by Crippen LogP contribution is 2.43. The Labute approximate surface area is 299 Å². The maximum Gasteiger partial charge on any atom is 0.472 e. The molecule has 1 amide bonds. The van der Waals surface area contributed by atoms with E-state index in [2.05, 4.69) is 42.6 Å². The van der Waals surface area contributed by atoms with Gasteiger partial charge in [-0.15, -0.1) is 0 Å². The number of hydrogen-bond donors (Lipinski definition) is 5. The summed E-state index contributed by atoms with van der Waals surface area (Å²) in [6, 6.07) is -1.01. The second-order valence-electron chi connectivity index (χ2n) is 13.0. The standard InChI is InChI=1S/C39H73N2O7P/c1-3-5-7-9-11-13-14-15-16-17-18-19-20-21-23-24-26-28-30-36(42)34-39(44)41-37(35-48-49(45,46)47-33-32-40)38(43)31-29-27-25-22-12-10-8-6-4-2/h4,6,12,18-19,22,29,31,36-38,42-43H,3,5,7-11,13-17,20-21,23-28,30,32-35,40H2,1-2H3,(H,41,44)(H,45,46)/b6-4+,19-18-,22-12+,31-29+. The van der Waals surface area contributed by atoms with Crippen molar-refractivity contribution in [1.82, 2.24) is 5.32 Å². The molecule has 286 valence electrons. The normalized spacial score (nSPS) is 15.5. The first-order valence-corrected chi connectivity index (χ1v) is 20.8. The number of hydrogen-bond acceptors (Lipinski definition) is 7. The third kappa shape index (κ3) is 33.3. The highest BCUT2D eigenvalue weighted by molar-refractivity contribution is 7.47. The first-order valence-electron chi connectivity index (χ1n) is 19.3. The number of amides is 1. The van der Waals surface area contributed by atoms with Crippen LogP contribution >= 0.6 is 7.82 Å². The minimum absolute atomic E-state index is 0.0396. The van der Waals surface area contributed by atoms with E-state index in [1.807, 2.05) is 13.0 Å². The Hall–Kier alpha value is -1.58. The van der Waals surface area contributed by atoms with Gasteiger partial charge in [0.15, 0.2) is 0 Å². The van der Waals surface area contributed by atoms with Crippen LogP contribution in [0.2, 0.25) is 0 Å². The molecule has 0 radical (unpaired) electrons. The highest BCUT2D eigenvalue weighted by atomic mass is 31.2. The Morgan fingerprint density at radius 1 is 0.735 bits per heavy atom. The number of carbonyl (C=O) groups excluding carboxylic acids is 1. The summed E-state index contributed by atoms with van der Waals surface area (Å²) in [4.78, 5) is 22.6. The van der Waals surface area contributed by atoms with Gasteiger partial charge in [0.2, 0.25) is 5.91 Å². The van der Waals surface area contributed by atoms with Crippen molar-refractivity contribution in [3.05, 3.63) is 48.6 Å². The van der Waals surface area contributed by atoms with E-state index in [1.165, 1.54) is 76.7 Å². The van der Waals surface area contributed by atoms with Crippen LogP contribution in [-0.4, -0.2) is 59.0 Å². The van der Waals surface area contributed by atoms with Crippen molar-refractivity contribution in [2.75, 3.05) is 19.8 Å². The number of phosphoric ester groups is 1. The molecular weight excluding hydrogens is 639 g/mol. The van der Waals surface area contributed by atoms with Crippen molar-refractivity contribution in [3.8, 4) is 0 Å². The molecule has 0 aliphatic carbocycles. The maximum absolute atomic E-state index is 12.7. The Bertz CT molecular complexity index is 925. The van der Waals surface area contributed by atoms with Crippen LogP contribution in [0, 0.1) is 0 Å². The molecule has 0 aromatic carbocycles. The van der Waals surface area contributed by atoms with Gasteiger partial charge < -0.3 is 26.2 Å². The van der Waals surface area contributed by atoms with Crippen molar-refractivity contribution in [3.63, 3.8) is 0 Å². The fourth-order valence-electron chi connectivity index (χ4n) is 5.33. The Morgan fingerprint density at radius 2 is 1.24 bits per heavy atom. The molecule has 49 heavy (non-hydrogen) atoms. The summed E-state index contributed by atoms with van der Waals surface area (Å²) >= 11 is 0. The summed E-state index contributed by atoms with van der Waals surface area (Å²) in [5.41, 5.74) is 5.33. The Morgan fingerprint density at radius 3 is 1.82 bits per heavy atom. The van der Waals surface area contributed by atoms with E-state index in [0.29, 0.717) is 12.8 Å². The number of carbonyl (C=O) groups is 1. The number of phosphoric acid groups is 1. The van der Waals surface area contributed by atoms with E-state index in [9.17, 15) is 24.5 Å². The zero-order chi connectivity index (χ0) is 36.3. The monoisotopic (exact) mass is 713 g/mol. The van der Waals surface area contributed by atoms with Crippen LogP contribution in [0.4, 0.5) is 0 Å². The molecular formula is C39H73N2O7P. The van der Waals surface area contributed by atoms with Gasteiger partial charge in [-0.1, -0.05) is 133 Å². The van der Waals surface area contributed by atoms with Crippen LogP contribution in [0.1, 0.15) is 155 Å². The number of aliphatic hydroxyl groups is 2. The van der Waals surface area contributed by atoms with Crippen LogP contribution in [-0.2, 0) is 18.4 Å². The van der Waals surface area contributed by atoms with Crippen molar-refractivity contribution in [2.45, 2.75) is 173 Å². The van der Waals surface area contributed by atoms with E-state index in [1.54, 1.807) is 6.08 Å². The predicted molar refractivity (Wildman–Crippen MR) is 204 cm³/mol. The number of nitrogens with one attached hydrogen (secondary N) is 1. The first kappa shape index (κ1) is 47.4. The lowest BCUT2D eigenvalue weighted by molar-refractivity contribution is -0.124. The molecule has 0 heterocycles. The Kier molecular flexibility index (Phi) is 33.7. The number of aliphatic hydroxyl groups excluding tert-OH is 2. The number of rotatable bonds is 35. The molecule has 0 fully saturated rings. The molecule has 0 aromatic heterocycles. The first-order chi connectivity index (χ1) is 23.8. The molecule has 0 saturated carbocycles. The molecule has 0 aliphatic rings. The van der Waals surface area contributed by atoms with Gasteiger partial charge in [0.05, 0.1) is 37.9 Å². The summed E-state index contributed by atoms with van der Waals surface area (Å²) in [6.07, 6.45) is 38.0. The van der Waals surface area contributed by atoms with Gasteiger partial charge in [-0.25, -0.2) is 4.57 Å². The largest absolute Gasteiger partial charge is 0.472 e. The van der Waals surface area contributed by atoms with Crippen molar-refractivity contribution < 1.29 is 33.5 Å². The van der Waals surface area contributed by atoms with Crippen LogP contribution in [0.25, 0.3) is 0 Å². The summed E-state index contributed by atoms with van der Waals surface area (Å²) < 4.78 is 21.9. The number of nitrogens with two attached hydrogens (primary N) is 1. The SMILES string of the molecule is C/C=C/CC/C=C/CC/C=C/C(O)C(COP(=O)(O)OCCN)NC(=O)CC(O)CCCCCCC/C=C\CCCCCCCCCCC. The summed E-state index contributed by atoms with van der Waals surface area (Å²) in [7, 11) is -4.40. The second-order valence-corrected chi connectivity index (χ2v) is 14.4. The van der Waals surface area contributed by atoms with Gasteiger partial charge in [-0.2, -0.15) is 0 Å². The topological polar surface area (TPSA) is 151 Å². The van der Waals surface area contributed by atoms with Gasteiger partial charge >= 0.3 is 7.82 Å². The van der Waals surface area contributed by atoms with Gasteiger partial charge in [0.1, 0.15) is 0 Å². The van der Waals surface area contributed by atoms with Crippen molar-refractivity contribution in [2.24, 2.45) is 5.73 Å². The van der Waals surface area contributed by atoms with E-state index >= 15 is 0 Å². The molecule has 0 saturated heterocycles. The molecule has 4 atom stereocenters. The van der Waals surface area contributed by atoms with Crippen molar-refractivity contribution >= 4 is 13.7 Å². The average Bonchev–Trinajstić information content (AvgIpc) is 3.07. The number of allylic oxidation sites excluding steroid dienone is 7. The third-order valence-electron chi connectivity index (χ3n) is 8.25. The smallest absolute Gasteiger partial charge is 0.393 e. The molecule has 10 heteroatoms. The quantitative estimate of drug-likeness (QED) is 0.0248. The predicted octanol–water partition coefficient (Wildman–Crippen LogP) is 9.13. The van der Waals surface area contributed by atoms with E-state index in [-0.39, 0.29) is 19.6 Å². The second kappa shape index (κ2) is 34.9. The molecule has 0 aliphatic heterocycles. The number of unbranched alkanes of at least 4 members (excludes halogenated alkanes) is 16. The maximum atomic E-state index is 12.7. The molecule has 0 rings (SSSR count). The lowest BCUT2D eigenvalue weighted by Gasteiger charge is -2.24. The summed E-state index contributed by atoms with van der Waals surface area (Å²) in [5, 5.41) is 23.8. The minimum atomic E-state index is -4.40. The summed E-state index contributed by atoms with van der Waals surface area (Å²) in [5.74, 6) is -0.470. The van der Waals surface area contributed by atoms with Gasteiger partial charge in [0.25, 0.3) is 0 Å². The minimum Gasteiger partial charge on any atom is -0.393 e. The average molecular weight is 713 g/mol. The summed E-state index contributed by atoms with van der Waals surface area (Å²) in [6.45, 7) is 3.68. The molecule has 0 spiro atoms. The van der Waals surface area contributed by atoms with Crippen molar-refractivity contribution in [1.29, 1.82) is 0 Å². The zero-order valence-corrected chi connectivity index (χ0v) is 31.9. The fourth-order valence-corrected chi connectivity index (χ4v) is 6.08. The highest BCUT2D eigenvalue weighted by Gasteiger charge is 2.27. The van der Waals surface area contributed by atoms with Gasteiger partial charge in [0, 0.05) is 6.54 Å². The van der Waals surface area contributed by atoms with E-state index in [4.69, 9.17) is 14.8 Å². The van der Waals surface area contributed by atoms with Crippen LogP contribution < -0.4 is 11.1 Å². The third-order valence-corrected chi connectivity index (χ3v) is 9.24. The van der Waals surface area contributed by atoms with Crippen LogP contribution in [0.5, 0.6) is 0 Å². The van der Waals surface area contributed by atoms with Gasteiger partial charge in [-0.05, 0) is 64.7 Å². The molecule has 6 N–H and O–H groups in total. The van der Waals surface area contributed by atoms with Crippen LogP contribution in [0.3, 0.4) is 0 Å². The van der Waals surface area contributed by atoms with E-state index in [0.717, 1.165) is 51.4 Å². The molecule has 9 nitrogen and oxygen atoms in total. The fraction of sp³-hybridized carbons (Fsp3) is 0.769.